The molecule has 9 nitrogen and oxygen atoms in total. The number of fused-ring (bicyclic) bond motifs is 1. The first-order valence-corrected chi connectivity index (χ1v) is 13.3. The SMILES string of the molecule is CCn1cc(-c2cc(C(F)(F)F)nc3sc(C(N)=O)c(NC(=O)c4ccc(COc5cccc(Cl)c5)o4)c23)c(C)n1. The molecule has 1 aromatic carbocycles. The number of pyridine rings is 1. The number of carbonyl (C=O) groups is 2. The number of hydrogen-bond donors (Lipinski definition) is 2. The van der Waals surface area contributed by atoms with E-state index in [1.807, 2.05) is 6.92 Å². The highest BCUT2D eigenvalue weighted by atomic mass is 35.5. The minimum Gasteiger partial charge on any atom is -0.486 e. The van der Waals surface area contributed by atoms with Gasteiger partial charge in [0.15, 0.2) is 5.76 Å². The molecule has 0 spiro atoms. The van der Waals surface area contributed by atoms with Crippen LogP contribution in [-0.2, 0) is 19.3 Å². The minimum absolute atomic E-state index is 0.00345. The average Bonchev–Trinajstić information content (AvgIpc) is 3.63. The molecule has 5 aromatic rings. The van der Waals surface area contributed by atoms with Crippen LogP contribution in [0.4, 0.5) is 18.9 Å². The molecule has 0 saturated heterocycles. The maximum atomic E-state index is 13.8. The van der Waals surface area contributed by atoms with Gasteiger partial charge in [-0.1, -0.05) is 17.7 Å². The van der Waals surface area contributed by atoms with Gasteiger partial charge in [-0.05, 0) is 55.8 Å². The summed E-state index contributed by atoms with van der Waals surface area (Å²) in [6.07, 6.45) is -3.17. The molecular formula is C27H21ClF3N5O4S. The van der Waals surface area contributed by atoms with Crippen molar-refractivity contribution < 1.29 is 31.9 Å². The number of hydrogen-bond acceptors (Lipinski definition) is 7. The van der Waals surface area contributed by atoms with Crippen LogP contribution < -0.4 is 15.8 Å². The number of furan rings is 1. The number of nitrogens with zero attached hydrogens (tertiary/aromatic N) is 3. The third-order valence-electron chi connectivity index (χ3n) is 6.04. The van der Waals surface area contributed by atoms with E-state index in [0.717, 1.165) is 6.07 Å². The van der Waals surface area contributed by atoms with Crippen molar-refractivity contribution in [3.05, 3.63) is 81.5 Å². The Labute approximate surface area is 239 Å². The molecule has 0 radical (unpaired) electrons. The fraction of sp³-hybridized carbons (Fsp3) is 0.185. The summed E-state index contributed by atoms with van der Waals surface area (Å²) in [6, 6.07) is 10.5. The highest BCUT2D eigenvalue weighted by Crippen LogP contribution is 2.44. The van der Waals surface area contributed by atoms with Crippen molar-refractivity contribution in [1.29, 1.82) is 0 Å². The highest BCUT2D eigenvalue weighted by Gasteiger charge is 2.35. The second-order valence-electron chi connectivity index (χ2n) is 8.85. The molecular weight excluding hydrogens is 583 g/mol. The van der Waals surface area contributed by atoms with Crippen molar-refractivity contribution in [2.24, 2.45) is 5.73 Å². The van der Waals surface area contributed by atoms with E-state index in [1.54, 1.807) is 42.1 Å². The molecule has 0 unspecified atom stereocenters. The topological polar surface area (TPSA) is 125 Å². The summed E-state index contributed by atoms with van der Waals surface area (Å²) in [7, 11) is 0. The second-order valence-corrected chi connectivity index (χ2v) is 10.3. The molecule has 0 aliphatic carbocycles. The first-order valence-electron chi connectivity index (χ1n) is 12.1. The predicted octanol–water partition coefficient (Wildman–Crippen LogP) is 6.68. The van der Waals surface area contributed by atoms with E-state index in [4.69, 9.17) is 26.5 Å². The Balaban J connectivity index is 1.54. The van der Waals surface area contributed by atoms with E-state index in [0.29, 0.717) is 45.7 Å². The molecule has 0 aliphatic heterocycles. The van der Waals surface area contributed by atoms with Gasteiger partial charge < -0.3 is 20.2 Å². The van der Waals surface area contributed by atoms with E-state index in [2.05, 4.69) is 15.4 Å². The standard InChI is InChI=1S/C27H21ClF3N5O4S/c1-3-36-11-18(13(2)35-36)17-10-20(27(29,30)31)33-26-21(17)22(23(41-26)24(32)37)34-25(38)19-8-7-16(40-19)12-39-15-6-4-5-14(28)9-15/h4-11H,3,12H2,1-2H3,(H2,32,37)(H,34,38). The molecule has 14 heteroatoms. The Morgan fingerprint density at radius 3 is 2.63 bits per heavy atom. The number of halogens is 4. The van der Waals surface area contributed by atoms with Gasteiger partial charge in [-0.25, -0.2) is 4.98 Å². The summed E-state index contributed by atoms with van der Waals surface area (Å²) >= 11 is 6.61. The first kappa shape index (κ1) is 28.2. The van der Waals surface area contributed by atoms with E-state index in [9.17, 15) is 22.8 Å². The fourth-order valence-corrected chi connectivity index (χ4v) is 5.34. The number of thiophene rings is 1. The third-order valence-corrected chi connectivity index (χ3v) is 7.37. The fourth-order valence-electron chi connectivity index (χ4n) is 4.16. The van der Waals surface area contributed by atoms with Gasteiger partial charge in [0.1, 0.15) is 33.5 Å². The second kappa shape index (κ2) is 10.9. The molecule has 3 N–H and O–H groups in total. The molecule has 2 amide bonds. The third kappa shape index (κ3) is 5.77. The van der Waals surface area contributed by atoms with Crippen LogP contribution in [0.5, 0.6) is 5.75 Å². The van der Waals surface area contributed by atoms with Crippen LogP contribution in [0.3, 0.4) is 0 Å². The number of carbonyl (C=O) groups excluding carboxylic acids is 2. The van der Waals surface area contributed by atoms with E-state index in [-0.39, 0.29) is 38.7 Å². The Bertz CT molecular complexity index is 1790. The van der Waals surface area contributed by atoms with Crippen molar-refractivity contribution in [1.82, 2.24) is 14.8 Å². The van der Waals surface area contributed by atoms with Crippen LogP contribution in [0.1, 0.15) is 44.3 Å². The molecule has 0 bridgehead atoms. The van der Waals surface area contributed by atoms with Crippen LogP contribution in [-0.4, -0.2) is 26.6 Å². The maximum Gasteiger partial charge on any atom is 0.433 e. The zero-order valence-electron chi connectivity index (χ0n) is 21.5. The molecule has 0 aliphatic rings. The zero-order chi connectivity index (χ0) is 29.5. The van der Waals surface area contributed by atoms with Gasteiger partial charge in [-0.2, -0.15) is 18.3 Å². The number of primary amides is 1. The van der Waals surface area contributed by atoms with Gasteiger partial charge >= 0.3 is 6.18 Å². The molecule has 41 heavy (non-hydrogen) atoms. The number of anilines is 1. The largest absolute Gasteiger partial charge is 0.486 e. The molecule has 0 atom stereocenters. The predicted molar refractivity (Wildman–Crippen MR) is 147 cm³/mol. The van der Waals surface area contributed by atoms with Crippen LogP contribution in [0, 0.1) is 6.92 Å². The minimum atomic E-state index is -4.77. The van der Waals surface area contributed by atoms with Gasteiger partial charge in [0.05, 0.1) is 11.4 Å². The molecule has 5 rings (SSSR count). The Hall–Kier alpha value is -4.36. The Morgan fingerprint density at radius 1 is 1.20 bits per heavy atom. The smallest absolute Gasteiger partial charge is 0.433 e. The van der Waals surface area contributed by atoms with Crippen molar-refractivity contribution in [3.8, 4) is 16.9 Å². The number of benzene rings is 1. The van der Waals surface area contributed by atoms with Crippen LogP contribution in [0.25, 0.3) is 21.3 Å². The average molecular weight is 604 g/mol. The first-order chi connectivity index (χ1) is 19.4. The Kier molecular flexibility index (Phi) is 7.49. The van der Waals surface area contributed by atoms with E-state index in [1.165, 1.54) is 12.1 Å². The van der Waals surface area contributed by atoms with Crippen molar-refractivity contribution >= 4 is 50.7 Å². The van der Waals surface area contributed by atoms with Gasteiger partial charge in [0, 0.05) is 28.7 Å². The highest BCUT2D eigenvalue weighted by molar-refractivity contribution is 7.21. The van der Waals surface area contributed by atoms with Crippen molar-refractivity contribution in [3.63, 3.8) is 0 Å². The van der Waals surface area contributed by atoms with E-state index < -0.39 is 23.7 Å². The molecule has 212 valence electrons. The van der Waals surface area contributed by atoms with Crippen LogP contribution in [0.2, 0.25) is 5.02 Å². The number of nitrogens with two attached hydrogens (primary N) is 1. The lowest BCUT2D eigenvalue weighted by atomic mass is 10.0. The van der Waals surface area contributed by atoms with Gasteiger partial charge in [0.2, 0.25) is 0 Å². The number of aromatic nitrogens is 3. The number of ether oxygens (including phenoxy) is 1. The number of aryl methyl sites for hydroxylation is 2. The molecule has 0 fully saturated rings. The lowest BCUT2D eigenvalue weighted by molar-refractivity contribution is -0.140. The summed E-state index contributed by atoms with van der Waals surface area (Å²) in [5, 5.41) is 7.56. The van der Waals surface area contributed by atoms with Gasteiger partial charge in [-0.15, -0.1) is 11.3 Å². The number of amides is 2. The molecule has 0 saturated carbocycles. The summed E-state index contributed by atoms with van der Waals surface area (Å²) in [5.74, 6) is -1.01. The van der Waals surface area contributed by atoms with Crippen molar-refractivity contribution in [2.45, 2.75) is 33.2 Å². The number of alkyl halides is 3. The summed E-state index contributed by atoms with van der Waals surface area (Å²) in [5.41, 5.74) is 5.27. The van der Waals surface area contributed by atoms with Crippen LogP contribution >= 0.6 is 22.9 Å². The Morgan fingerprint density at radius 2 is 1.98 bits per heavy atom. The number of rotatable bonds is 8. The molecule has 4 heterocycles. The monoisotopic (exact) mass is 603 g/mol. The molecule has 4 aromatic heterocycles. The normalized spacial score (nSPS) is 11.7. The quantitative estimate of drug-likeness (QED) is 0.204. The number of nitrogens with one attached hydrogen (secondary N) is 1. The van der Waals surface area contributed by atoms with E-state index >= 15 is 0 Å². The zero-order valence-corrected chi connectivity index (χ0v) is 23.1. The van der Waals surface area contributed by atoms with Crippen molar-refractivity contribution in [2.75, 3.05) is 5.32 Å². The van der Waals surface area contributed by atoms with Gasteiger partial charge in [-0.3, -0.25) is 14.3 Å². The van der Waals surface area contributed by atoms with Gasteiger partial charge in [0.25, 0.3) is 11.8 Å². The lowest BCUT2D eigenvalue weighted by Crippen LogP contribution is -2.16. The summed E-state index contributed by atoms with van der Waals surface area (Å²) in [6.45, 7) is 3.95. The summed E-state index contributed by atoms with van der Waals surface area (Å²) in [4.78, 5) is 29.1. The summed E-state index contributed by atoms with van der Waals surface area (Å²) < 4.78 is 54.2. The lowest BCUT2D eigenvalue weighted by Gasteiger charge is -2.11. The van der Waals surface area contributed by atoms with Crippen LogP contribution in [0.15, 0.2) is 53.1 Å². The maximum absolute atomic E-state index is 13.8.